The number of hydrogen-bond donors (Lipinski definition) is 1. The number of hydrogen-bond acceptors (Lipinski definition) is 4. The molecule has 3 rings (SSSR count). The Morgan fingerprint density at radius 3 is 2.61 bits per heavy atom. The first kappa shape index (κ1) is 21.9. The summed E-state index contributed by atoms with van der Waals surface area (Å²) in [6, 6.07) is 19.5. The Balaban J connectivity index is 1.85. The number of carbonyl (C=O) groups excluding carboxylic acids is 1. The lowest BCUT2D eigenvalue weighted by atomic mass is 10.1. The molecule has 3 aromatic carbocycles. The number of anilines is 1. The number of amides is 1. The van der Waals surface area contributed by atoms with Crippen molar-refractivity contribution >= 4 is 29.3 Å². The van der Waals surface area contributed by atoms with E-state index >= 15 is 0 Å². The van der Waals surface area contributed by atoms with Gasteiger partial charge in [-0.05, 0) is 60.2 Å². The number of methoxy groups -OCH3 is 1. The lowest BCUT2D eigenvalue weighted by Gasteiger charge is -2.12. The number of nitriles is 1. The predicted molar refractivity (Wildman–Crippen MR) is 117 cm³/mol. The molecule has 0 aliphatic rings. The summed E-state index contributed by atoms with van der Waals surface area (Å²) in [4.78, 5) is 12.5. The van der Waals surface area contributed by atoms with Gasteiger partial charge in [0.25, 0.3) is 5.91 Å². The van der Waals surface area contributed by atoms with Crippen LogP contribution in [-0.2, 0) is 11.4 Å². The molecule has 0 radical (unpaired) electrons. The fraction of sp³-hybridized carbons (Fsp3) is 0.0833. The lowest BCUT2D eigenvalue weighted by molar-refractivity contribution is -0.112. The highest BCUT2D eigenvalue weighted by atomic mass is 35.5. The van der Waals surface area contributed by atoms with E-state index in [1.54, 1.807) is 30.3 Å². The van der Waals surface area contributed by atoms with E-state index in [1.165, 1.54) is 37.5 Å². The van der Waals surface area contributed by atoms with Crippen LogP contribution in [0.15, 0.2) is 72.3 Å². The molecular weight excluding hydrogens is 419 g/mol. The van der Waals surface area contributed by atoms with Gasteiger partial charge in [0, 0.05) is 22.3 Å². The first-order valence-electron chi connectivity index (χ1n) is 9.22. The van der Waals surface area contributed by atoms with E-state index in [1.807, 2.05) is 18.2 Å². The molecule has 0 atom stereocenters. The van der Waals surface area contributed by atoms with Crippen molar-refractivity contribution in [2.24, 2.45) is 0 Å². The van der Waals surface area contributed by atoms with Crippen LogP contribution in [0.25, 0.3) is 6.08 Å². The summed E-state index contributed by atoms with van der Waals surface area (Å²) >= 11 is 6.02. The van der Waals surface area contributed by atoms with Crippen LogP contribution in [0.3, 0.4) is 0 Å². The van der Waals surface area contributed by atoms with Crippen molar-refractivity contribution in [3.05, 3.63) is 94.3 Å². The molecular formula is C24H18ClFN2O3. The van der Waals surface area contributed by atoms with Crippen LogP contribution < -0.4 is 14.8 Å². The van der Waals surface area contributed by atoms with Crippen molar-refractivity contribution < 1.29 is 18.7 Å². The summed E-state index contributed by atoms with van der Waals surface area (Å²) < 4.78 is 24.2. The van der Waals surface area contributed by atoms with Crippen molar-refractivity contribution in [2.45, 2.75) is 6.61 Å². The number of nitrogens with one attached hydrogen (secondary N) is 1. The Morgan fingerprint density at radius 1 is 1.16 bits per heavy atom. The average molecular weight is 437 g/mol. The van der Waals surface area contributed by atoms with Gasteiger partial charge in [-0.25, -0.2) is 4.39 Å². The Kier molecular flexibility index (Phi) is 7.26. The minimum absolute atomic E-state index is 0.137. The van der Waals surface area contributed by atoms with Crippen LogP contribution in [0.1, 0.15) is 11.1 Å². The van der Waals surface area contributed by atoms with Gasteiger partial charge in [0.2, 0.25) is 0 Å². The first-order chi connectivity index (χ1) is 15.0. The zero-order chi connectivity index (χ0) is 22.2. The Hall–Kier alpha value is -3.82. The van der Waals surface area contributed by atoms with Gasteiger partial charge < -0.3 is 14.8 Å². The number of rotatable bonds is 7. The maximum atomic E-state index is 13.1. The van der Waals surface area contributed by atoms with Gasteiger partial charge in [0.15, 0.2) is 0 Å². The Labute approximate surface area is 184 Å². The molecule has 0 bridgehead atoms. The first-order valence-corrected chi connectivity index (χ1v) is 9.60. The topological polar surface area (TPSA) is 71.3 Å². The van der Waals surface area contributed by atoms with E-state index < -0.39 is 11.7 Å². The Morgan fingerprint density at radius 2 is 1.94 bits per heavy atom. The van der Waals surface area contributed by atoms with Crippen LogP contribution in [0.4, 0.5) is 10.1 Å². The normalized spacial score (nSPS) is 10.8. The molecule has 0 saturated heterocycles. The maximum absolute atomic E-state index is 13.1. The smallest absolute Gasteiger partial charge is 0.266 e. The van der Waals surface area contributed by atoms with Crippen molar-refractivity contribution in [1.82, 2.24) is 0 Å². The highest BCUT2D eigenvalue weighted by Crippen LogP contribution is 2.28. The number of benzene rings is 3. The van der Waals surface area contributed by atoms with Crippen LogP contribution in [0, 0.1) is 17.1 Å². The molecule has 0 aliphatic heterocycles. The van der Waals surface area contributed by atoms with E-state index in [9.17, 15) is 14.4 Å². The standard InChI is InChI=1S/C24H18ClFN2O3/c1-30-22-10-5-17(23(13-22)31-15-16-3-2-4-19(25)11-16)12-18(14-27)24(29)28-21-8-6-20(26)7-9-21/h2-13H,15H2,1H3,(H,28,29)/b18-12+. The van der Waals surface area contributed by atoms with Crippen LogP contribution in [0.5, 0.6) is 11.5 Å². The summed E-state index contributed by atoms with van der Waals surface area (Å²) in [6.45, 7) is 0.234. The molecule has 3 aromatic rings. The van der Waals surface area contributed by atoms with Crippen LogP contribution in [0.2, 0.25) is 5.02 Å². The van der Waals surface area contributed by atoms with Crippen molar-refractivity contribution in [3.63, 3.8) is 0 Å². The van der Waals surface area contributed by atoms with Crippen LogP contribution >= 0.6 is 11.6 Å². The zero-order valence-corrected chi connectivity index (χ0v) is 17.3. The third-order valence-corrected chi connectivity index (χ3v) is 4.51. The van der Waals surface area contributed by atoms with Gasteiger partial charge >= 0.3 is 0 Å². The van der Waals surface area contributed by atoms with Gasteiger partial charge in [0.05, 0.1) is 7.11 Å². The molecule has 7 heteroatoms. The Bertz CT molecular complexity index is 1150. The molecule has 156 valence electrons. The molecule has 1 amide bonds. The molecule has 5 nitrogen and oxygen atoms in total. The molecule has 1 N–H and O–H groups in total. The van der Waals surface area contributed by atoms with Crippen LogP contribution in [-0.4, -0.2) is 13.0 Å². The quantitative estimate of drug-likeness (QED) is 0.386. The molecule has 0 saturated carbocycles. The fourth-order valence-electron chi connectivity index (χ4n) is 2.71. The average Bonchev–Trinajstić information content (AvgIpc) is 2.78. The van der Waals surface area contributed by atoms with Crippen molar-refractivity contribution in [3.8, 4) is 17.6 Å². The lowest BCUT2D eigenvalue weighted by Crippen LogP contribution is -2.13. The van der Waals surface area contributed by atoms with Gasteiger partial charge in [-0.15, -0.1) is 0 Å². The van der Waals surface area contributed by atoms with E-state index in [2.05, 4.69) is 5.32 Å². The largest absolute Gasteiger partial charge is 0.497 e. The predicted octanol–water partition coefficient (Wildman–Crippen LogP) is 5.61. The van der Waals surface area contributed by atoms with Crippen molar-refractivity contribution in [2.75, 3.05) is 12.4 Å². The summed E-state index contributed by atoms with van der Waals surface area (Å²) in [7, 11) is 1.53. The minimum Gasteiger partial charge on any atom is -0.497 e. The second-order valence-corrected chi connectivity index (χ2v) is 6.89. The van der Waals surface area contributed by atoms with Gasteiger partial charge in [-0.2, -0.15) is 5.26 Å². The molecule has 31 heavy (non-hydrogen) atoms. The molecule has 0 unspecified atom stereocenters. The third-order valence-electron chi connectivity index (χ3n) is 4.27. The monoisotopic (exact) mass is 436 g/mol. The summed E-state index contributed by atoms with van der Waals surface area (Å²) in [5.41, 5.74) is 1.62. The third kappa shape index (κ3) is 6.08. The summed E-state index contributed by atoms with van der Waals surface area (Å²) in [5, 5.41) is 12.7. The van der Waals surface area contributed by atoms with E-state index in [0.717, 1.165) is 5.56 Å². The summed E-state index contributed by atoms with van der Waals surface area (Å²) in [6.07, 6.45) is 1.42. The number of carbonyl (C=O) groups is 1. The minimum atomic E-state index is -0.620. The molecule has 0 fully saturated rings. The maximum Gasteiger partial charge on any atom is 0.266 e. The second kappa shape index (κ2) is 10.3. The molecule has 0 spiro atoms. The number of halogens is 2. The number of nitrogens with zero attached hydrogens (tertiary/aromatic N) is 1. The highest BCUT2D eigenvalue weighted by Gasteiger charge is 2.13. The van der Waals surface area contributed by atoms with E-state index in [0.29, 0.717) is 27.8 Å². The SMILES string of the molecule is COc1ccc(/C=C(\C#N)C(=O)Nc2ccc(F)cc2)c(OCc2cccc(Cl)c2)c1. The summed E-state index contributed by atoms with van der Waals surface area (Å²) in [5.74, 6) is -0.0475. The van der Waals surface area contributed by atoms with E-state index in [4.69, 9.17) is 21.1 Å². The van der Waals surface area contributed by atoms with Crippen molar-refractivity contribution in [1.29, 1.82) is 5.26 Å². The second-order valence-electron chi connectivity index (χ2n) is 6.45. The molecule has 0 aromatic heterocycles. The number of ether oxygens (including phenoxy) is 2. The van der Waals surface area contributed by atoms with Gasteiger partial charge in [-0.1, -0.05) is 23.7 Å². The highest BCUT2D eigenvalue weighted by molar-refractivity contribution is 6.30. The molecule has 0 aliphatic carbocycles. The molecule has 0 heterocycles. The van der Waals surface area contributed by atoms with Gasteiger partial charge in [-0.3, -0.25) is 4.79 Å². The fourth-order valence-corrected chi connectivity index (χ4v) is 2.92. The van der Waals surface area contributed by atoms with E-state index in [-0.39, 0.29) is 12.2 Å². The zero-order valence-electron chi connectivity index (χ0n) is 16.6. The van der Waals surface area contributed by atoms with Gasteiger partial charge in [0.1, 0.15) is 35.6 Å².